The van der Waals surface area contributed by atoms with Crippen LogP contribution in [0.15, 0.2) is 28.7 Å². The summed E-state index contributed by atoms with van der Waals surface area (Å²) >= 11 is 3.48. The van der Waals surface area contributed by atoms with Gasteiger partial charge in [-0.25, -0.2) is 0 Å². The van der Waals surface area contributed by atoms with Gasteiger partial charge in [-0.3, -0.25) is 0 Å². The van der Waals surface area contributed by atoms with Crippen molar-refractivity contribution in [2.75, 3.05) is 25.5 Å². The third-order valence-corrected chi connectivity index (χ3v) is 3.81. The molecule has 1 aromatic carbocycles. The van der Waals surface area contributed by atoms with Gasteiger partial charge in [0.1, 0.15) is 0 Å². The molecule has 0 unspecified atom stereocenters. The van der Waals surface area contributed by atoms with E-state index in [4.69, 9.17) is 0 Å². The molecule has 88 valence electrons. The number of nitrogens with zero attached hydrogens (tertiary/aromatic N) is 1. The lowest BCUT2D eigenvalue weighted by molar-refractivity contribution is 0.165. The van der Waals surface area contributed by atoms with Gasteiger partial charge in [0.05, 0.1) is 0 Å². The molecule has 3 heteroatoms. The summed E-state index contributed by atoms with van der Waals surface area (Å²) in [6, 6.07) is 9.16. The summed E-state index contributed by atoms with van der Waals surface area (Å²) in [6.45, 7) is 2.14. The highest BCUT2D eigenvalue weighted by Gasteiger charge is 2.20. The number of likely N-dealkylation sites (N-methyl/N-ethyl adjacent to an activating group) is 1. The lowest BCUT2D eigenvalue weighted by Crippen LogP contribution is -2.39. The van der Waals surface area contributed by atoms with Crippen molar-refractivity contribution >= 4 is 21.6 Å². The molecule has 0 spiro atoms. The fraction of sp³-hybridized carbons (Fsp3) is 0.538. The first-order valence-electron chi connectivity index (χ1n) is 5.95. The maximum absolute atomic E-state index is 3.48. The van der Waals surface area contributed by atoms with Crippen LogP contribution in [0.1, 0.15) is 19.3 Å². The molecule has 0 radical (unpaired) electrons. The van der Waals surface area contributed by atoms with Crippen LogP contribution < -0.4 is 5.32 Å². The van der Waals surface area contributed by atoms with Crippen molar-refractivity contribution in [2.24, 2.45) is 0 Å². The third-order valence-electron chi connectivity index (χ3n) is 3.32. The molecule has 0 amide bonds. The second kappa shape index (κ2) is 5.69. The molecule has 2 nitrogen and oxygen atoms in total. The van der Waals surface area contributed by atoms with E-state index >= 15 is 0 Å². The molecule has 0 aromatic heterocycles. The summed E-state index contributed by atoms with van der Waals surface area (Å²) in [4.78, 5) is 2.47. The van der Waals surface area contributed by atoms with Crippen LogP contribution in [0.4, 0.5) is 5.69 Å². The molecule has 16 heavy (non-hydrogen) atoms. The lowest BCUT2D eigenvalue weighted by Gasteiger charge is -2.34. The van der Waals surface area contributed by atoms with Crippen LogP contribution in [0.3, 0.4) is 0 Å². The molecule has 1 saturated carbocycles. The quantitative estimate of drug-likeness (QED) is 0.891. The van der Waals surface area contributed by atoms with Crippen molar-refractivity contribution < 1.29 is 0 Å². The zero-order valence-corrected chi connectivity index (χ0v) is 11.3. The van der Waals surface area contributed by atoms with Crippen LogP contribution in [0.5, 0.6) is 0 Å². The highest BCUT2D eigenvalue weighted by atomic mass is 79.9. The van der Waals surface area contributed by atoms with Crippen molar-refractivity contribution in [1.82, 2.24) is 4.90 Å². The van der Waals surface area contributed by atoms with E-state index in [0.717, 1.165) is 23.6 Å². The predicted octanol–water partition coefficient (Wildman–Crippen LogP) is 3.35. The van der Waals surface area contributed by atoms with Crippen molar-refractivity contribution in [2.45, 2.75) is 25.3 Å². The fourth-order valence-electron chi connectivity index (χ4n) is 1.99. The Labute approximate surface area is 106 Å². The molecule has 1 N–H and O–H groups in total. The first-order valence-corrected chi connectivity index (χ1v) is 6.75. The van der Waals surface area contributed by atoms with Crippen molar-refractivity contribution in [3.8, 4) is 0 Å². The van der Waals surface area contributed by atoms with Gasteiger partial charge in [-0.1, -0.05) is 28.4 Å². The highest BCUT2D eigenvalue weighted by Crippen LogP contribution is 2.23. The topological polar surface area (TPSA) is 15.3 Å². The van der Waals surface area contributed by atoms with E-state index in [1.165, 1.54) is 24.9 Å². The van der Waals surface area contributed by atoms with E-state index in [2.05, 4.69) is 51.4 Å². The van der Waals surface area contributed by atoms with Gasteiger partial charge in [-0.05, 0) is 38.1 Å². The summed E-state index contributed by atoms with van der Waals surface area (Å²) in [7, 11) is 2.23. The number of hydrogen-bond acceptors (Lipinski definition) is 2. The maximum Gasteiger partial charge on any atom is 0.0351 e. The SMILES string of the molecule is CN(CCNc1cccc(Br)c1)C1CCC1. The Morgan fingerprint density at radius 3 is 2.88 bits per heavy atom. The fourth-order valence-corrected chi connectivity index (χ4v) is 2.38. The summed E-state index contributed by atoms with van der Waals surface area (Å²) in [6.07, 6.45) is 4.18. The number of halogens is 1. The minimum atomic E-state index is 0.837. The average molecular weight is 283 g/mol. The smallest absolute Gasteiger partial charge is 0.0351 e. The van der Waals surface area contributed by atoms with Crippen LogP contribution in [-0.2, 0) is 0 Å². The number of nitrogens with one attached hydrogen (secondary N) is 1. The second-order valence-corrected chi connectivity index (χ2v) is 5.42. The number of anilines is 1. The molecule has 0 heterocycles. The first-order chi connectivity index (χ1) is 7.75. The monoisotopic (exact) mass is 282 g/mol. The summed E-state index contributed by atoms with van der Waals surface area (Å²) in [5, 5.41) is 3.45. The molecule has 1 aliphatic carbocycles. The number of hydrogen-bond donors (Lipinski definition) is 1. The normalized spacial score (nSPS) is 16.2. The van der Waals surface area contributed by atoms with E-state index in [9.17, 15) is 0 Å². The Morgan fingerprint density at radius 2 is 2.25 bits per heavy atom. The molecule has 1 aromatic rings. The molecule has 0 aliphatic heterocycles. The van der Waals surface area contributed by atoms with E-state index in [1.807, 2.05) is 6.07 Å². The van der Waals surface area contributed by atoms with E-state index < -0.39 is 0 Å². The summed E-state index contributed by atoms with van der Waals surface area (Å²) in [5.41, 5.74) is 1.19. The van der Waals surface area contributed by atoms with Crippen LogP contribution in [0, 0.1) is 0 Å². The Morgan fingerprint density at radius 1 is 1.44 bits per heavy atom. The van der Waals surface area contributed by atoms with Crippen LogP contribution >= 0.6 is 15.9 Å². The molecule has 0 saturated heterocycles. The van der Waals surface area contributed by atoms with Gasteiger partial charge >= 0.3 is 0 Å². The predicted molar refractivity (Wildman–Crippen MR) is 72.9 cm³/mol. The van der Waals surface area contributed by atoms with Gasteiger partial charge in [0, 0.05) is 29.3 Å². The van der Waals surface area contributed by atoms with Crippen molar-refractivity contribution in [3.63, 3.8) is 0 Å². The minimum Gasteiger partial charge on any atom is -0.384 e. The Bertz CT molecular complexity index is 336. The van der Waals surface area contributed by atoms with E-state index in [-0.39, 0.29) is 0 Å². The van der Waals surface area contributed by atoms with Gasteiger partial charge in [0.25, 0.3) is 0 Å². The minimum absolute atomic E-state index is 0.837. The second-order valence-electron chi connectivity index (χ2n) is 4.50. The molecule has 1 fully saturated rings. The summed E-state index contributed by atoms with van der Waals surface area (Å²) in [5.74, 6) is 0. The van der Waals surface area contributed by atoms with Gasteiger partial charge in [0.2, 0.25) is 0 Å². The van der Waals surface area contributed by atoms with Crippen LogP contribution in [-0.4, -0.2) is 31.1 Å². The molecular weight excluding hydrogens is 264 g/mol. The van der Waals surface area contributed by atoms with Gasteiger partial charge < -0.3 is 10.2 Å². The van der Waals surface area contributed by atoms with E-state index in [0.29, 0.717) is 0 Å². The third kappa shape index (κ3) is 3.22. The molecular formula is C13H19BrN2. The zero-order chi connectivity index (χ0) is 11.4. The molecule has 1 aliphatic rings. The lowest BCUT2D eigenvalue weighted by atomic mass is 9.92. The standard InChI is InChI=1S/C13H19BrN2/c1-16(13-6-3-7-13)9-8-15-12-5-2-4-11(14)10-12/h2,4-5,10,13,15H,3,6-9H2,1H3. The van der Waals surface area contributed by atoms with Crippen LogP contribution in [0.2, 0.25) is 0 Å². The highest BCUT2D eigenvalue weighted by molar-refractivity contribution is 9.10. The van der Waals surface area contributed by atoms with Crippen molar-refractivity contribution in [3.05, 3.63) is 28.7 Å². The number of benzene rings is 1. The number of rotatable bonds is 5. The van der Waals surface area contributed by atoms with E-state index in [1.54, 1.807) is 0 Å². The summed E-state index contributed by atoms with van der Waals surface area (Å²) < 4.78 is 1.13. The maximum atomic E-state index is 3.48. The first kappa shape index (κ1) is 11.9. The average Bonchev–Trinajstić information content (AvgIpc) is 2.15. The Hall–Kier alpha value is -0.540. The largest absolute Gasteiger partial charge is 0.384 e. The molecule has 2 rings (SSSR count). The van der Waals surface area contributed by atoms with Gasteiger partial charge in [0.15, 0.2) is 0 Å². The van der Waals surface area contributed by atoms with Gasteiger partial charge in [-0.2, -0.15) is 0 Å². The Kier molecular flexibility index (Phi) is 4.24. The Balaban J connectivity index is 1.71. The molecule has 0 atom stereocenters. The van der Waals surface area contributed by atoms with Crippen LogP contribution in [0.25, 0.3) is 0 Å². The van der Waals surface area contributed by atoms with Crippen molar-refractivity contribution in [1.29, 1.82) is 0 Å². The zero-order valence-electron chi connectivity index (χ0n) is 9.75. The molecule has 0 bridgehead atoms. The van der Waals surface area contributed by atoms with Gasteiger partial charge in [-0.15, -0.1) is 0 Å².